The van der Waals surface area contributed by atoms with Crippen LogP contribution in [0.2, 0.25) is 0 Å². The number of aromatic hydroxyl groups is 1. The monoisotopic (exact) mass is 404 g/mol. The molecule has 2 fully saturated rings. The maximum Gasteiger partial charge on any atom is 0.154 e. The number of ether oxygens (including phenoxy) is 1. The maximum atomic E-state index is 11.8. The Bertz CT molecular complexity index is 848. The van der Waals surface area contributed by atoms with Crippen molar-refractivity contribution in [1.82, 2.24) is 0 Å². The number of hydrogen-bond acceptors (Lipinski definition) is 6. The highest BCUT2D eigenvalue weighted by atomic mass is 16.5. The van der Waals surface area contributed by atoms with Gasteiger partial charge >= 0.3 is 0 Å². The Morgan fingerprint density at radius 1 is 1.24 bits per heavy atom. The molecule has 0 bridgehead atoms. The Morgan fingerprint density at radius 2 is 1.93 bits per heavy atom. The van der Waals surface area contributed by atoms with Gasteiger partial charge in [-0.2, -0.15) is 0 Å². The van der Waals surface area contributed by atoms with Crippen molar-refractivity contribution in [1.29, 1.82) is 0 Å². The normalized spacial score (nSPS) is 40.2. The van der Waals surface area contributed by atoms with Gasteiger partial charge in [-0.1, -0.05) is 27.7 Å². The second kappa shape index (κ2) is 6.43. The topological polar surface area (TPSA) is 107 Å². The summed E-state index contributed by atoms with van der Waals surface area (Å²) in [5, 5.41) is 41.8. The Hall–Kier alpha value is -1.63. The highest BCUT2D eigenvalue weighted by Gasteiger charge is 2.68. The van der Waals surface area contributed by atoms with Gasteiger partial charge in [0.2, 0.25) is 0 Å². The molecule has 1 aliphatic heterocycles. The third-order valence-electron chi connectivity index (χ3n) is 8.57. The van der Waals surface area contributed by atoms with Gasteiger partial charge < -0.3 is 25.2 Å². The van der Waals surface area contributed by atoms with E-state index in [-0.39, 0.29) is 29.8 Å². The minimum Gasteiger partial charge on any atom is -0.508 e. The van der Waals surface area contributed by atoms with Crippen molar-refractivity contribution in [3.8, 4) is 11.5 Å². The van der Waals surface area contributed by atoms with E-state index in [0.717, 1.165) is 12.8 Å². The fourth-order valence-corrected chi connectivity index (χ4v) is 6.96. The molecular weight excluding hydrogens is 372 g/mol. The fourth-order valence-electron chi connectivity index (χ4n) is 6.96. The highest BCUT2D eigenvalue weighted by molar-refractivity contribution is 5.84. The third-order valence-corrected chi connectivity index (χ3v) is 8.57. The van der Waals surface area contributed by atoms with Crippen molar-refractivity contribution in [2.45, 2.75) is 77.8 Å². The molecule has 160 valence electrons. The number of phenolic OH excluding ortho intramolecular Hbond substituents is 1. The summed E-state index contributed by atoms with van der Waals surface area (Å²) >= 11 is 0. The molecule has 4 rings (SSSR count). The van der Waals surface area contributed by atoms with Gasteiger partial charge in [0.1, 0.15) is 17.1 Å². The predicted molar refractivity (Wildman–Crippen MR) is 107 cm³/mol. The third kappa shape index (κ3) is 2.49. The summed E-state index contributed by atoms with van der Waals surface area (Å²) in [6.45, 7) is 7.90. The van der Waals surface area contributed by atoms with Crippen molar-refractivity contribution >= 4 is 6.29 Å². The number of hydrogen-bond donors (Lipinski definition) is 4. The lowest BCUT2D eigenvalue weighted by molar-refractivity contribution is -0.240. The predicted octanol–water partition coefficient (Wildman–Crippen LogP) is 2.57. The molecule has 29 heavy (non-hydrogen) atoms. The van der Waals surface area contributed by atoms with Crippen LogP contribution in [0, 0.1) is 22.7 Å². The van der Waals surface area contributed by atoms with E-state index >= 15 is 0 Å². The molecule has 1 aromatic rings. The van der Waals surface area contributed by atoms with E-state index in [1.807, 2.05) is 13.8 Å². The number of aliphatic hydroxyl groups excluding tert-OH is 3. The lowest BCUT2D eigenvalue weighted by Crippen LogP contribution is -2.69. The Labute approximate surface area is 171 Å². The van der Waals surface area contributed by atoms with Gasteiger partial charge in [-0.15, -0.1) is 0 Å². The standard InChI is InChI=1S/C23H32O6/c1-12-5-6-18-21(2,3)20(28)17(27)9-22(18,4)23(12)8-14-16(26)7-13(10-24)15(11-25)19(14)29-23/h7,11-12,17-18,20,24,26-28H,5-6,8-10H2,1-4H3/t12-,17-,18-,20-,22-,23-/m1/s1. The lowest BCUT2D eigenvalue weighted by atomic mass is 9.43. The molecule has 6 nitrogen and oxygen atoms in total. The Balaban J connectivity index is 1.89. The number of carbonyl (C=O) groups excluding carboxylic acids is 1. The minimum absolute atomic E-state index is 0.0279. The van der Waals surface area contributed by atoms with Gasteiger partial charge in [-0.3, -0.25) is 4.79 Å². The summed E-state index contributed by atoms with van der Waals surface area (Å²) in [6, 6.07) is 1.45. The Morgan fingerprint density at radius 3 is 2.55 bits per heavy atom. The minimum atomic E-state index is -0.868. The van der Waals surface area contributed by atoms with Crippen LogP contribution in [0.4, 0.5) is 0 Å². The highest BCUT2D eigenvalue weighted by Crippen LogP contribution is 2.66. The molecular formula is C23H32O6. The van der Waals surface area contributed by atoms with Crippen molar-refractivity contribution in [3.05, 3.63) is 22.8 Å². The van der Waals surface area contributed by atoms with E-state index in [9.17, 15) is 25.2 Å². The van der Waals surface area contributed by atoms with E-state index in [1.54, 1.807) is 0 Å². The van der Waals surface area contributed by atoms with Crippen LogP contribution >= 0.6 is 0 Å². The molecule has 2 saturated carbocycles. The van der Waals surface area contributed by atoms with Gasteiger partial charge in [-0.05, 0) is 48.1 Å². The Kier molecular flexibility index (Phi) is 4.58. The molecule has 2 aliphatic carbocycles. The molecule has 0 unspecified atom stereocenters. The van der Waals surface area contributed by atoms with Gasteiger partial charge in [0.25, 0.3) is 0 Å². The summed E-state index contributed by atoms with van der Waals surface area (Å²) in [5.74, 6) is 0.625. The van der Waals surface area contributed by atoms with Crippen LogP contribution < -0.4 is 4.74 Å². The van der Waals surface area contributed by atoms with Crippen molar-refractivity contribution in [2.75, 3.05) is 0 Å². The van der Waals surface area contributed by atoms with Crippen LogP contribution in [0.1, 0.15) is 68.4 Å². The summed E-state index contributed by atoms with van der Waals surface area (Å²) in [5.41, 5.74) is -0.443. The molecule has 6 heteroatoms. The molecule has 0 saturated heterocycles. The zero-order chi connectivity index (χ0) is 21.4. The first-order valence-corrected chi connectivity index (χ1v) is 10.5. The molecule has 0 radical (unpaired) electrons. The lowest BCUT2D eigenvalue weighted by Gasteiger charge is -2.64. The number of fused-ring (bicyclic) bond motifs is 3. The first kappa shape index (κ1) is 20.6. The van der Waals surface area contributed by atoms with Crippen LogP contribution in [0.3, 0.4) is 0 Å². The number of aldehydes is 1. The average Bonchev–Trinajstić information content (AvgIpc) is 3.07. The zero-order valence-corrected chi connectivity index (χ0v) is 17.6. The van der Waals surface area contributed by atoms with E-state index in [0.29, 0.717) is 36.0 Å². The van der Waals surface area contributed by atoms with Crippen LogP contribution in [0.5, 0.6) is 11.5 Å². The molecule has 1 heterocycles. The first-order valence-electron chi connectivity index (χ1n) is 10.5. The number of phenols is 1. The quantitative estimate of drug-likeness (QED) is 0.565. The zero-order valence-electron chi connectivity index (χ0n) is 17.6. The number of rotatable bonds is 2. The van der Waals surface area contributed by atoms with E-state index in [4.69, 9.17) is 4.74 Å². The number of aliphatic hydroxyl groups is 3. The number of benzene rings is 1. The summed E-state index contributed by atoms with van der Waals surface area (Å²) in [6.07, 6.45) is 1.65. The smallest absolute Gasteiger partial charge is 0.154 e. The SMILES string of the molecule is C[C@@H]1CC[C@@H]2C(C)(C)[C@H](O)[C@H](O)C[C@@]2(C)[C@@]12Cc1c(O)cc(CO)c(C=O)c1O2. The molecule has 1 spiro atoms. The average molecular weight is 405 g/mol. The van der Waals surface area contributed by atoms with E-state index in [2.05, 4.69) is 13.8 Å². The van der Waals surface area contributed by atoms with Crippen molar-refractivity contribution in [3.63, 3.8) is 0 Å². The van der Waals surface area contributed by atoms with Crippen LogP contribution in [0.15, 0.2) is 6.07 Å². The molecule has 1 aromatic carbocycles. The number of carbonyl (C=O) groups is 1. The largest absolute Gasteiger partial charge is 0.508 e. The van der Waals surface area contributed by atoms with Gasteiger partial charge in [0.15, 0.2) is 6.29 Å². The molecule has 4 N–H and O–H groups in total. The first-order chi connectivity index (χ1) is 13.5. The van der Waals surface area contributed by atoms with E-state index in [1.165, 1.54) is 6.07 Å². The molecule has 0 amide bonds. The summed E-state index contributed by atoms with van der Waals surface area (Å²) in [4.78, 5) is 11.8. The van der Waals surface area contributed by atoms with Crippen LogP contribution in [0.25, 0.3) is 0 Å². The maximum absolute atomic E-state index is 11.8. The van der Waals surface area contributed by atoms with Gasteiger partial charge in [-0.25, -0.2) is 0 Å². The summed E-state index contributed by atoms with van der Waals surface area (Å²) in [7, 11) is 0. The van der Waals surface area contributed by atoms with Crippen molar-refractivity contribution < 1.29 is 30.0 Å². The molecule has 0 aromatic heterocycles. The van der Waals surface area contributed by atoms with Crippen LogP contribution in [-0.4, -0.2) is 44.5 Å². The second-order valence-corrected chi connectivity index (χ2v) is 10.2. The fraction of sp³-hybridized carbons (Fsp3) is 0.696. The van der Waals surface area contributed by atoms with Crippen LogP contribution in [-0.2, 0) is 13.0 Å². The summed E-state index contributed by atoms with van der Waals surface area (Å²) < 4.78 is 6.65. The molecule has 6 atom stereocenters. The van der Waals surface area contributed by atoms with Gasteiger partial charge in [0.05, 0.1) is 24.4 Å². The van der Waals surface area contributed by atoms with Crippen molar-refractivity contribution in [2.24, 2.45) is 22.7 Å². The second-order valence-electron chi connectivity index (χ2n) is 10.2. The molecule has 3 aliphatic rings. The van der Waals surface area contributed by atoms with Gasteiger partial charge in [0, 0.05) is 17.4 Å². The van der Waals surface area contributed by atoms with E-state index < -0.39 is 28.6 Å².